The third kappa shape index (κ3) is 41.3. The molecule has 1 radical (unpaired) electrons. The minimum Gasteiger partial charge on any atom is -1.00 e. The van der Waals surface area contributed by atoms with Crippen molar-refractivity contribution < 1.29 is 31.6 Å². The Morgan fingerprint density at radius 3 is 1.28 bits per heavy atom. The number of likely N-dealkylation sites (N-methyl/N-ethyl adjacent to an activating group) is 1. The highest BCUT2D eigenvalue weighted by molar-refractivity contribution is 5.75. The van der Waals surface area contributed by atoms with E-state index in [0.29, 0.717) is 19.4 Å². The Morgan fingerprint density at radius 2 is 0.872 bits per heavy atom. The molecule has 0 aliphatic rings. The number of esters is 1. The molecule has 0 spiro atoms. The third-order valence-electron chi connectivity index (χ3n) is 9.64. The Hall–Kier alpha value is -0.810. The maximum atomic E-state index is 12.2. The van der Waals surface area contributed by atoms with Crippen LogP contribution in [0.15, 0.2) is 0 Å². The minimum absolute atomic E-state index is 0. The molecule has 0 bridgehead atoms. The summed E-state index contributed by atoms with van der Waals surface area (Å²) in [6, 6.07) is 0. The molecule has 0 aromatic rings. The van der Waals surface area contributed by atoms with Gasteiger partial charge in [-0.25, -0.2) is 0 Å². The van der Waals surface area contributed by atoms with Gasteiger partial charge < -0.3 is 27.4 Å². The van der Waals surface area contributed by atoms with Crippen molar-refractivity contribution in [3.8, 4) is 0 Å². The molecule has 1 atom stereocenters. The van der Waals surface area contributed by atoms with E-state index in [4.69, 9.17) is 4.74 Å². The summed E-state index contributed by atoms with van der Waals surface area (Å²) in [6.07, 6.45) is 41.1. The van der Waals surface area contributed by atoms with Crippen LogP contribution >= 0.6 is 0 Å². The molecular formula is C41H83ClN2O3+. The van der Waals surface area contributed by atoms with Crippen LogP contribution in [0.2, 0.25) is 0 Å². The maximum absolute atomic E-state index is 12.2. The van der Waals surface area contributed by atoms with Gasteiger partial charge in [0.05, 0.1) is 13.6 Å². The summed E-state index contributed by atoms with van der Waals surface area (Å²) in [5.74, 6) is 0.128. The number of hydrogen-bond acceptors (Lipinski definition) is 3. The number of amides is 1. The molecule has 0 rings (SSSR count). The van der Waals surface area contributed by atoms with Gasteiger partial charge in [0.15, 0.2) is 0 Å². The Balaban J connectivity index is 0. The zero-order valence-electron chi connectivity index (χ0n) is 32.1. The second-order valence-electron chi connectivity index (χ2n) is 14.4. The standard InChI is InChI=1S/C41H82N2O3.ClH/c1-4-6-8-10-12-14-16-18-20-21-23-25-27-29-31-35-41(45)46-39-38-43(3)37-33-34-40(44)42-36-32-30-28-26-24-22-19-17-15-13-11-9-7-5-2;/h4-39H2,1-3H3,(H,42,44);1H/q+1;. The number of nitrogens with one attached hydrogen (secondary N) is 2. The van der Waals surface area contributed by atoms with Gasteiger partial charge in [0, 0.05) is 24.2 Å². The van der Waals surface area contributed by atoms with Gasteiger partial charge in [-0.05, 0) is 12.8 Å². The normalized spacial score (nSPS) is 11.7. The summed E-state index contributed by atoms with van der Waals surface area (Å²) in [7, 11) is 2.12. The molecule has 5 nitrogen and oxygen atoms in total. The number of carbonyl (C=O) groups excluding carboxylic acids is 2. The quantitative estimate of drug-likeness (QED) is 0.0398. The molecule has 0 heterocycles. The van der Waals surface area contributed by atoms with Crippen LogP contribution in [0.5, 0.6) is 0 Å². The lowest BCUT2D eigenvalue weighted by Gasteiger charge is -2.11. The van der Waals surface area contributed by atoms with E-state index in [1.807, 2.05) is 0 Å². The first kappa shape index (κ1) is 48.3. The van der Waals surface area contributed by atoms with Crippen molar-refractivity contribution in [2.75, 3.05) is 33.3 Å². The smallest absolute Gasteiger partial charge is 0.574 e. The molecule has 0 fully saturated rings. The van der Waals surface area contributed by atoms with E-state index in [1.165, 1.54) is 172 Å². The molecule has 281 valence electrons. The van der Waals surface area contributed by atoms with Crippen LogP contribution in [-0.2, 0) is 14.3 Å². The van der Waals surface area contributed by atoms with Crippen molar-refractivity contribution in [2.24, 2.45) is 0 Å². The van der Waals surface area contributed by atoms with Gasteiger partial charge >= 0.3 is 5.97 Å². The molecule has 0 saturated carbocycles. The zero-order chi connectivity index (χ0) is 33.6. The lowest BCUT2D eigenvalue weighted by molar-refractivity contribution is -0.880. The largest absolute Gasteiger partial charge is 1.00 e. The number of ether oxygens (including phenoxy) is 1. The van der Waals surface area contributed by atoms with Crippen molar-refractivity contribution in [1.29, 1.82) is 0 Å². The van der Waals surface area contributed by atoms with Crippen LogP contribution in [0, 0.1) is 0 Å². The number of hydrogen-bond donors (Lipinski definition) is 2. The van der Waals surface area contributed by atoms with Crippen molar-refractivity contribution in [3.05, 3.63) is 0 Å². The van der Waals surface area contributed by atoms with E-state index < -0.39 is 0 Å². The van der Waals surface area contributed by atoms with Crippen LogP contribution < -0.4 is 22.6 Å². The number of rotatable bonds is 38. The Labute approximate surface area is 300 Å². The van der Waals surface area contributed by atoms with Crippen LogP contribution in [0.3, 0.4) is 0 Å². The van der Waals surface area contributed by atoms with Crippen LogP contribution in [0.4, 0.5) is 0 Å². The summed E-state index contributed by atoms with van der Waals surface area (Å²) in [5, 5.41) is 3.09. The molecule has 0 aliphatic carbocycles. The van der Waals surface area contributed by atoms with Gasteiger partial charge in [0.25, 0.3) is 0 Å². The van der Waals surface area contributed by atoms with Gasteiger partial charge in [-0.3, -0.25) is 4.79 Å². The number of unbranched alkanes of at least 4 members (excludes halogenated alkanes) is 27. The fraction of sp³-hybridized carbons (Fsp3) is 0.951. The predicted octanol–water partition coefficient (Wildman–Crippen LogP) is 7.69. The second kappa shape index (κ2) is 41.4. The maximum Gasteiger partial charge on any atom is 0.574 e. The van der Waals surface area contributed by atoms with E-state index in [-0.39, 0.29) is 24.3 Å². The first-order valence-electron chi connectivity index (χ1n) is 20.8. The van der Waals surface area contributed by atoms with Crippen molar-refractivity contribution >= 4 is 11.9 Å². The topological polar surface area (TPSA) is 62.7 Å². The van der Waals surface area contributed by atoms with Gasteiger partial charge in [0.2, 0.25) is 12.5 Å². The molecule has 0 aromatic carbocycles. The zero-order valence-corrected chi connectivity index (χ0v) is 32.8. The van der Waals surface area contributed by atoms with E-state index in [2.05, 4.69) is 26.2 Å². The molecule has 2 N–H and O–H groups in total. The van der Waals surface area contributed by atoms with Crippen LogP contribution in [0.1, 0.15) is 219 Å². The Bertz CT molecular complexity index is 582. The van der Waals surface area contributed by atoms with E-state index in [9.17, 15) is 9.59 Å². The first-order chi connectivity index (χ1) is 22.6. The highest BCUT2D eigenvalue weighted by Crippen LogP contribution is 2.15. The highest BCUT2D eigenvalue weighted by atomic mass is 35.5. The van der Waals surface area contributed by atoms with Crippen LogP contribution in [0.25, 0.3) is 0 Å². The molecule has 0 saturated heterocycles. The average Bonchev–Trinajstić information content (AvgIpc) is 3.04. The molecule has 0 aliphatic heterocycles. The molecule has 1 amide bonds. The average molecular weight is 688 g/mol. The highest BCUT2D eigenvalue weighted by Gasteiger charge is 2.17. The summed E-state index contributed by atoms with van der Waals surface area (Å²) < 4.78 is 5.46. The number of halogens is 1. The molecule has 1 unspecified atom stereocenters. The van der Waals surface area contributed by atoms with Crippen molar-refractivity contribution in [2.45, 2.75) is 219 Å². The number of quaternary nitrogens is 1. The SMILES string of the molecule is CCCCCCCCCCCCCCCCCC(=[O+])OCC[NH+](C)CCCC(=O)NCCCCCCCCCCCCCCCC.[Cl-]. The third-order valence-corrected chi connectivity index (χ3v) is 9.64. The minimum atomic E-state index is -0.0506. The summed E-state index contributed by atoms with van der Waals surface area (Å²) in [4.78, 5) is 25.5. The van der Waals surface area contributed by atoms with Gasteiger partial charge in [-0.2, -0.15) is 0 Å². The monoisotopic (exact) mass is 687 g/mol. The van der Waals surface area contributed by atoms with Crippen molar-refractivity contribution in [1.82, 2.24) is 5.32 Å². The van der Waals surface area contributed by atoms with Gasteiger partial charge in [0.1, 0.15) is 13.0 Å². The van der Waals surface area contributed by atoms with Crippen molar-refractivity contribution in [3.63, 3.8) is 0 Å². The lowest BCUT2D eigenvalue weighted by atomic mass is 10.0. The van der Waals surface area contributed by atoms with Gasteiger partial charge in [-0.1, -0.05) is 187 Å². The first-order valence-corrected chi connectivity index (χ1v) is 20.8. The van der Waals surface area contributed by atoms with Gasteiger partial charge in [-0.15, -0.1) is 0 Å². The molecule has 0 aromatic heterocycles. The Kier molecular flexibility index (Phi) is 42.5. The fourth-order valence-electron chi connectivity index (χ4n) is 6.36. The molecule has 47 heavy (non-hydrogen) atoms. The van der Waals surface area contributed by atoms with E-state index >= 15 is 0 Å². The summed E-state index contributed by atoms with van der Waals surface area (Å²) in [6.45, 7) is 7.60. The fourth-order valence-corrected chi connectivity index (χ4v) is 6.36. The number of carbonyl (C=O) groups is 2. The predicted molar refractivity (Wildman–Crippen MR) is 200 cm³/mol. The summed E-state index contributed by atoms with van der Waals surface area (Å²) >= 11 is 0. The Morgan fingerprint density at radius 1 is 0.511 bits per heavy atom. The van der Waals surface area contributed by atoms with Crippen LogP contribution in [-0.4, -0.2) is 45.2 Å². The molecular weight excluding hydrogens is 604 g/mol. The second-order valence-corrected chi connectivity index (χ2v) is 14.4. The molecule has 6 heteroatoms. The van der Waals surface area contributed by atoms with E-state index in [0.717, 1.165) is 45.3 Å². The van der Waals surface area contributed by atoms with E-state index in [1.54, 1.807) is 0 Å². The summed E-state index contributed by atoms with van der Waals surface area (Å²) in [5.41, 5.74) is 0. The lowest BCUT2D eigenvalue weighted by Crippen LogP contribution is -3.09.